The third-order valence-electron chi connectivity index (χ3n) is 13.2. The van der Waals surface area contributed by atoms with Gasteiger partial charge in [-0.25, -0.2) is 0 Å². The molecule has 3 saturated carbocycles. The first kappa shape index (κ1) is 31.7. The zero-order chi connectivity index (χ0) is 31.3. The molecule has 1 unspecified atom stereocenters. The fourth-order valence-corrected chi connectivity index (χ4v) is 11.0. The molecule has 240 valence electrons. The zero-order valence-electron chi connectivity index (χ0n) is 27.1. The van der Waals surface area contributed by atoms with Gasteiger partial charge in [0, 0.05) is 25.2 Å². The van der Waals surface area contributed by atoms with Gasteiger partial charge < -0.3 is 24.1 Å². The van der Waals surface area contributed by atoms with Gasteiger partial charge in [-0.3, -0.25) is 14.4 Å². The van der Waals surface area contributed by atoms with Gasteiger partial charge >= 0.3 is 5.97 Å². The third kappa shape index (κ3) is 4.73. The average molecular weight is 619 g/mol. The first-order valence-corrected chi connectivity index (χ1v) is 17.5. The molecule has 5 fully saturated rings. The van der Waals surface area contributed by atoms with Crippen molar-refractivity contribution in [1.82, 2.24) is 0 Å². The summed E-state index contributed by atoms with van der Waals surface area (Å²) in [4.78, 5) is 37.3. The molecule has 2 aliphatic heterocycles. The van der Waals surface area contributed by atoms with E-state index < -0.39 is 34.8 Å². The molecule has 8 nitrogen and oxygen atoms in total. The van der Waals surface area contributed by atoms with Crippen LogP contribution in [0.1, 0.15) is 99.8 Å². The van der Waals surface area contributed by atoms with Gasteiger partial charge in [0.2, 0.25) is 0 Å². The molecule has 2 saturated heterocycles. The molecule has 6 aliphatic rings. The summed E-state index contributed by atoms with van der Waals surface area (Å²) >= 11 is 1.17. The molecule has 1 N–H and O–H groups in total. The maximum absolute atomic E-state index is 12.6. The van der Waals surface area contributed by atoms with Crippen molar-refractivity contribution in [2.24, 2.45) is 40.4 Å². The first-order valence-electron chi connectivity index (χ1n) is 16.2. The van der Waals surface area contributed by atoms with E-state index in [1.165, 1.54) is 18.7 Å². The van der Waals surface area contributed by atoms with Crippen molar-refractivity contribution in [3.05, 3.63) is 11.6 Å². The lowest BCUT2D eigenvalue weighted by atomic mass is 9.45. The Balaban J connectivity index is 1.28. The van der Waals surface area contributed by atoms with Gasteiger partial charge in [0.05, 0.1) is 24.2 Å². The highest BCUT2D eigenvalue weighted by Gasteiger charge is 2.68. The second kappa shape index (κ2) is 10.4. The van der Waals surface area contributed by atoms with Gasteiger partial charge in [-0.15, -0.1) is 0 Å². The Bertz CT molecular complexity index is 1230. The van der Waals surface area contributed by atoms with E-state index in [9.17, 15) is 19.5 Å². The van der Waals surface area contributed by atoms with Crippen LogP contribution >= 0.6 is 11.8 Å². The number of carbonyl (C=O) groups excluding carboxylic acids is 3. The van der Waals surface area contributed by atoms with Crippen molar-refractivity contribution in [1.29, 1.82) is 0 Å². The van der Waals surface area contributed by atoms with E-state index in [4.69, 9.17) is 18.9 Å². The summed E-state index contributed by atoms with van der Waals surface area (Å²) < 4.78 is 25.4. The molecule has 12 atom stereocenters. The topological polar surface area (TPSA) is 108 Å². The molecule has 0 aromatic carbocycles. The fourth-order valence-electron chi connectivity index (χ4n) is 10.7. The monoisotopic (exact) mass is 618 g/mol. The predicted octanol–water partition coefficient (Wildman–Crippen LogP) is 5.59. The minimum Gasteiger partial charge on any atom is -0.461 e. The van der Waals surface area contributed by atoms with Gasteiger partial charge in [0.25, 0.3) is 5.97 Å². The van der Waals surface area contributed by atoms with Crippen LogP contribution in [0.5, 0.6) is 0 Å². The van der Waals surface area contributed by atoms with E-state index in [2.05, 4.69) is 27.7 Å². The number of fused-ring (bicyclic) bond motifs is 7. The van der Waals surface area contributed by atoms with Crippen LogP contribution in [0.2, 0.25) is 0 Å². The Labute approximate surface area is 260 Å². The van der Waals surface area contributed by atoms with Crippen molar-refractivity contribution in [2.45, 2.75) is 135 Å². The second-order valence-corrected chi connectivity index (χ2v) is 16.5. The summed E-state index contributed by atoms with van der Waals surface area (Å²) in [6, 6.07) is 0. The Hall–Kier alpha value is -1.26. The minimum absolute atomic E-state index is 0.000795. The maximum Gasteiger partial charge on any atom is 0.302 e. The number of ether oxygens (including phenoxy) is 4. The highest BCUT2D eigenvalue weighted by atomic mass is 32.2. The summed E-state index contributed by atoms with van der Waals surface area (Å²) in [6.07, 6.45) is 7.73. The number of hydrogen-bond donors (Lipinski definition) is 1. The number of rotatable bonds is 5. The average Bonchev–Trinajstić information content (AvgIpc) is 3.31. The maximum atomic E-state index is 12.6. The van der Waals surface area contributed by atoms with Crippen molar-refractivity contribution in [3.8, 4) is 0 Å². The number of aliphatic hydroxyl groups is 1. The normalized spacial score (nSPS) is 48.9. The van der Waals surface area contributed by atoms with Gasteiger partial charge in [0.1, 0.15) is 11.7 Å². The number of carbonyl (C=O) groups is 3. The van der Waals surface area contributed by atoms with Crippen molar-refractivity contribution < 1.29 is 38.4 Å². The van der Waals surface area contributed by atoms with Crippen LogP contribution in [-0.2, 0) is 33.3 Å². The summed E-state index contributed by atoms with van der Waals surface area (Å²) in [5, 5.41) is 11.7. The molecule has 43 heavy (non-hydrogen) atoms. The molecular formula is C34H50O8S. The molecule has 0 spiro atoms. The second-order valence-electron chi connectivity index (χ2n) is 15.6. The highest BCUT2D eigenvalue weighted by Crippen LogP contribution is 2.68. The molecule has 4 aliphatic carbocycles. The van der Waals surface area contributed by atoms with Crippen LogP contribution in [-0.4, -0.2) is 63.7 Å². The van der Waals surface area contributed by atoms with Crippen LogP contribution in [0.15, 0.2) is 11.6 Å². The summed E-state index contributed by atoms with van der Waals surface area (Å²) in [5.41, 5.74) is -0.693. The molecule has 6 rings (SSSR count). The summed E-state index contributed by atoms with van der Waals surface area (Å²) in [6.45, 7) is 14.4. The number of thioether (sulfide) groups is 1. The molecule has 0 aromatic rings. The smallest absolute Gasteiger partial charge is 0.302 e. The molecule has 0 amide bonds. The molecule has 0 aromatic heterocycles. The Morgan fingerprint density at radius 2 is 1.81 bits per heavy atom. The Kier molecular flexibility index (Phi) is 7.65. The lowest BCUT2D eigenvalue weighted by molar-refractivity contribution is -0.392. The Morgan fingerprint density at radius 1 is 1.09 bits per heavy atom. The lowest BCUT2D eigenvalue weighted by Gasteiger charge is -2.61. The molecular weight excluding hydrogens is 568 g/mol. The molecule has 2 bridgehead atoms. The van der Waals surface area contributed by atoms with Gasteiger partial charge in [-0.1, -0.05) is 38.1 Å². The summed E-state index contributed by atoms with van der Waals surface area (Å²) in [7, 11) is 0. The van der Waals surface area contributed by atoms with E-state index >= 15 is 0 Å². The van der Waals surface area contributed by atoms with Crippen LogP contribution < -0.4 is 0 Å². The van der Waals surface area contributed by atoms with E-state index in [-0.39, 0.29) is 59.0 Å². The quantitative estimate of drug-likeness (QED) is 0.395. The van der Waals surface area contributed by atoms with E-state index in [1.807, 2.05) is 13.8 Å². The predicted molar refractivity (Wildman–Crippen MR) is 162 cm³/mol. The van der Waals surface area contributed by atoms with Crippen LogP contribution in [0, 0.1) is 40.4 Å². The summed E-state index contributed by atoms with van der Waals surface area (Å²) in [5.74, 6) is -0.663. The molecule has 9 heteroatoms. The van der Waals surface area contributed by atoms with Crippen LogP contribution in [0.25, 0.3) is 0 Å². The van der Waals surface area contributed by atoms with Gasteiger partial charge in [-0.2, -0.15) is 0 Å². The SMILES string of the molecule is CSC(=O)C[C@@]12O[C@H]([C@@H](C)[C@H]3CC[C@H]4[C@@H]5[C@H](O)CC6=CC(=O)CC(OC(C)=O)[C@]6(C)[C@H]5CC[C@]34C)C[C@@](C)(O1)C(C)(C)O2. The molecule has 0 radical (unpaired) electrons. The number of aliphatic hydroxyl groups excluding tert-OH is 1. The third-order valence-corrected chi connectivity index (χ3v) is 13.8. The van der Waals surface area contributed by atoms with E-state index in [0.717, 1.165) is 31.3 Å². The lowest BCUT2D eigenvalue weighted by Crippen LogP contribution is -2.60. The van der Waals surface area contributed by atoms with E-state index in [0.29, 0.717) is 24.7 Å². The molecule has 2 heterocycles. The van der Waals surface area contributed by atoms with Crippen molar-refractivity contribution in [3.63, 3.8) is 0 Å². The van der Waals surface area contributed by atoms with Crippen LogP contribution in [0.3, 0.4) is 0 Å². The standard InChI is InChI=1S/C34H50O8S/c1-18(26-16-32(6)30(3,4)41-34(40-26,42-32)17-28(38)43-8)22-9-10-23-29-24(11-12-31(22,23)5)33(7)20(14-25(29)37)13-21(36)15-27(33)39-19(2)35/h13,18,22-27,29,37H,9-12,14-17H2,1-8H3/t18-,22+,23-,24-,25+,26-,27?,29-,31+,32+,33-,34-/m0/s1. The van der Waals surface area contributed by atoms with E-state index in [1.54, 1.807) is 12.3 Å². The van der Waals surface area contributed by atoms with Crippen molar-refractivity contribution >= 4 is 28.6 Å². The van der Waals surface area contributed by atoms with Crippen molar-refractivity contribution in [2.75, 3.05) is 6.26 Å². The largest absolute Gasteiger partial charge is 0.461 e. The first-order chi connectivity index (χ1) is 20.0. The minimum atomic E-state index is -1.37. The zero-order valence-corrected chi connectivity index (χ0v) is 27.9. The number of hydrogen-bond acceptors (Lipinski definition) is 9. The highest BCUT2D eigenvalue weighted by molar-refractivity contribution is 8.13. The Morgan fingerprint density at radius 3 is 2.49 bits per heavy atom. The number of esters is 1. The van der Waals surface area contributed by atoms with Gasteiger partial charge in [0.15, 0.2) is 10.9 Å². The number of ketones is 1. The van der Waals surface area contributed by atoms with Crippen LogP contribution in [0.4, 0.5) is 0 Å². The van der Waals surface area contributed by atoms with Gasteiger partial charge in [-0.05, 0) is 100 Å². The fraction of sp³-hybridized carbons (Fsp3) is 0.853.